The topological polar surface area (TPSA) is 252 Å². The van der Waals surface area contributed by atoms with Crippen LogP contribution in [0.15, 0.2) is 24.3 Å². The highest BCUT2D eigenvalue weighted by Gasteiger charge is 2.52. The SMILES string of the molecule is O=C(O[C@@H]1[C@H](O)C[C@](O)(C(=O)O)C[C@@H]1OC(=O)c1cc(O)c(O)c(O)c1)c1cc(O)c(O)c(O)c1. The van der Waals surface area contributed by atoms with Crippen molar-refractivity contribution in [2.24, 2.45) is 0 Å². The fraction of sp³-hybridized carbons (Fsp3) is 0.286. The van der Waals surface area contributed by atoms with Gasteiger partial charge in [-0.05, 0) is 24.3 Å². The van der Waals surface area contributed by atoms with Gasteiger partial charge in [0.05, 0.1) is 17.2 Å². The van der Waals surface area contributed by atoms with Crippen molar-refractivity contribution in [3.63, 3.8) is 0 Å². The summed E-state index contributed by atoms with van der Waals surface area (Å²) in [6.07, 6.45) is -7.11. The summed E-state index contributed by atoms with van der Waals surface area (Å²) in [7, 11) is 0. The number of aromatic hydroxyl groups is 6. The molecule has 0 bridgehead atoms. The number of ether oxygens (including phenoxy) is 2. The summed E-state index contributed by atoms with van der Waals surface area (Å²) in [5.74, 6) is -9.76. The van der Waals surface area contributed by atoms with Crippen LogP contribution < -0.4 is 0 Å². The first kappa shape index (κ1) is 25.2. The van der Waals surface area contributed by atoms with Crippen LogP contribution in [-0.2, 0) is 14.3 Å². The molecular formula is C21H20O14. The number of aliphatic hydroxyl groups excluding tert-OH is 1. The van der Waals surface area contributed by atoms with Crippen molar-refractivity contribution in [2.45, 2.75) is 36.8 Å². The Kier molecular flexibility index (Phi) is 6.53. The minimum absolute atomic E-state index is 0.498. The largest absolute Gasteiger partial charge is 0.504 e. The van der Waals surface area contributed by atoms with E-state index in [0.29, 0.717) is 12.1 Å². The van der Waals surface area contributed by atoms with Crippen molar-refractivity contribution in [3.8, 4) is 34.5 Å². The van der Waals surface area contributed by atoms with Crippen molar-refractivity contribution in [1.29, 1.82) is 0 Å². The van der Waals surface area contributed by atoms with Gasteiger partial charge in [-0.15, -0.1) is 0 Å². The van der Waals surface area contributed by atoms with E-state index in [1.54, 1.807) is 0 Å². The third-order valence-electron chi connectivity index (χ3n) is 5.34. The Morgan fingerprint density at radius 1 is 0.743 bits per heavy atom. The zero-order valence-electron chi connectivity index (χ0n) is 17.5. The lowest BCUT2D eigenvalue weighted by Gasteiger charge is -2.40. The standard InChI is InChI=1S/C21H20O14/c22-9-1-7(2-10(23)15(9)27)18(29)34-14-6-21(33,20(31)32)5-13(26)17(14)35-19(30)8-3-11(24)16(28)12(25)4-8/h1-4,13-14,17,22-28,33H,5-6H2,(H,31,32)/t13-,14+,17-,21-/m1/s1. The monoisotopic (exact) mass is 496 g/mol. The van der Waals surface area contributed by atoms with Crippen LogP contribution in [0.1, 0.15) is 33.6 Å². The van der Waals surface area contributed by atoms with Gasteiger partial charge < -0.3 is 55.4 Å². The summed E-state index contributed by atoms with van der Waals surface area (Å²) >= 11 is 0. The molecule has 0 radical (unpaired) electrons. The summed E-state index contributed by atoms with van der Waals surface area (Å²) in [5, 5.41) is 87.3. The smallest absolute Gasteiger partial charge is 0.338 e. The Morgan fingerprint density at radius 2 is 1.14 bits per heavy atom. The molecule has 1 saturated carbocycles. The van der Waals surface area contributed by atoms with Gasteiger partial charge in [-0.1, -0.05) is 0 Å². The molecule has 0 unspecified atom stereocenters. The first-order valence-corrected chi connectivity index (χ1v) is 9.79. The number of aliphatic hydroxyl groups is 2. The molecular weight excluding hydrogens is 476 g/mol. The zero-order chi connectivity index (χ0) is 26.2. The number of carbonyl (C=O) groups excluding carboxylic acids is 2. The van der Waals surface area contributed by atoms with Gasteiger partial charge in [-0.3, -0.25) is 0 Å². The third kappa shape index (κ3) is 4.92. The van der Waals surface area contributed by atoms with Gasteiger partial charge in [-0.2, -0.15) is 0 Å². The molecule has 2 aromatic rings. The van der Waals surface area contributed by atoms with E-state index in [2.05, 4.69) is 0 Å². The number of phenols is 6. The number of hydrogen-bond acceptors (Lipinski definition) is 13. The lowest BCUT2D eigenvalue weighted by Crippen LogP contribution is -2.58. The van der Waals surface area contributed by atoms with Crippen LogP contribution in [-0.4, -0.2) is 87.8 Å². The molecule has 0 aromatic heterocycles. The lowest BCUT2D eigenvalue weighted by molar-refractivity contribution is -0.187. The summed E-state index contributed by atoms with van der Waals surface area (Å²) in [5.41, 5.74) is -3.61. The molecule has 4 atom stereocenters. The Balaban J connectivity index is 1.91. The van der Waals surface area contributed by atoms with E-state index < -0.39 is 100 Å². The number of rotatable bonds is 5. The maximum atomic E-state index is 12.6. The van der Waals surface area contributed by atoms with Gasteiger partial charge in [0.15, 0.2) is 46.2 Å². The van der Waals surface area contributed by atoms with E-state index >= 15 is 0 Å². The summed E-state index contributed by atoms with van der Waals surface area (Å²) in [6, 6.07) is 2.87. The van der Waals surface area contributed by atoms with Crippen LogP contribution in [0, 0.1) is 0 Å². The molecule has 1 fully saturated rings. The van der Waals surface area contributed by atoms with Crippen LogP contribution in [0.25, 0.3) is 0 Å². The van der Waals surface area contributed by atoms with Crippen molar-refractivity contribution >= 4 is 17.9 Å². The quantitative estimate of drug-likeness (QED) is 0.189. The molecule has 0 saturated heterocycles. The Bertz CT molecular complexity index is 1140. The number of benzene rings is 2. The van der Waals surface area contributed by atoms with E-state index in [4.69, 9.17) is 9.47 Å². The number of hydrogen-bond donors (Lipinski definition) is 9. The fourth-order valence-corrected chi connectivity index (χ4v) is 3.52. The van der Waals surface area contributed by atoms with Crippen LogP contribution >= 0.6 is 0 Å². The number of phenolic OH excluding ortho intramolecular Hbond substituents is 6. The predicted molar refractivity (Wildman–Crippen MR) is 109 cm³/mol. The molecule has 1 aliphatic carbocycles. The maximum Gasteiger partial charge on any atom is 0.338 e. The molecule has 35 heavy (non-hydrogen) atoms. The van der Waals surface area contributed by atoms with Gasteiger partial charge in [0.25, 0.3) is 0 Å². The third-order valence-corrected chi connectivity index (χ3v) is 5.34. The maximum absolute atomic E-state index is 12.6. The molecule has 14 heteroatoms. The molecule has 1 aliphatic rings. The van der Waals surface area contributed by atoms with E-state index in [9.17, 15) is 60.3 Å². The molecule has 0 spiro atoms. The highest BCUT2D eigenvalue weighted by atomic mass is 16.6. The number of esters is 2. The van der Waals surface area contributed by atoms with E-state index in [1.807, 2.05) is 0 Å². The average Bonchev–Trinajstić information content (AvgIpc) is 2.77. The molecule has 0 amide bonds. The van der Waals surface area contributed by atoms with E-state index in [1.165, 1.54) is 0 Å². The number of carbonyl (C=O) groups is 3. The minimum atomic E-state index is -2.60. The van der Waals surface area contributed by atoms with Gasteiger partial charge >= 0.3 is 17.9 Å². The van der Waals surface area contributed by atoms with Gasteiger partial charge in [0.2, 0.25) is 0 Å². The Hall–Kier alpha value is -4.43. The first-order chi connectivity index (χ1) is 16.2. The predicted octanol–water partition coefficient (Wildman–Crippen LogP) is -0.358. The highest BCUT2D eigenvalue weighted by Crippen LogP contribution is 2.38. The minimum Gasteiger partial charge on any atom is -0.504 e. The number of carboxylic acids is 1. The van der Waals surface area contributed by atoms with Crippen molar-refractivity contribution in [3.05, 3.63) is 35.4 Å². The van der Waals surface area contributed by atoms with Crippen LogP contribution in [0.5, 0.6) is 34.5 Å². The summed E-state index contributed by atoms with van der Waals surface area (Å²) in [6.45, 7) is 0. The van der Waals surface area contributed by atoms with E-state index in [0.717, 1.165) is 12.1 Å². The number of carboxylic acid groups (broad SMARTS) is 1. The second-order valence-corrected chi connectivity index (χ2v) is 7.85. The summed E-state index contributed by atoms with van der Waals surface area (Å²) < 4.78 is 10.2. The Morgan fingerprint density at radius 3 is 1.54 bits per heavy atom. The second-order valence-electron chi connectivity index (χ2n) is 7.85. The molecule has 0 heterocycles. The molecule has 2 aromatic carbocycles. The van der Waals surface area contributed by atoms with Crippen molar-refractivity contribution < 1.29 is 69.8 Å². The second kappa shape index (κ2) is 9.08. The average molecular weight is 496 g/mol. The zero-order valence-corrected chi connectivity index (χ0v) is 17.5. The number of aliphatic carboxylic acids is 1. The fourth-order valence-electron chi connectivity index (χ4n) is 3.52. The molecule has 3 rings (SSSR count). The van der Waals surface area contributed by atoms with Gasteiger partial charge in [0.1, 0.15) is 6.10 Å². The molecule has 14 nitrogen and oxygen atoms in total. The van der Waals surface area contributed by atoms with E-state index in [-0.39, 0.29) is 0 Å². The van der Waals surface area contributed by atoms with Gasteiger partial charge in [0, 0.05) is 12.8 Å². The first-order valence-electron chi connectivity index (χ1n) is 9.79. The lowest BCUT2D eigenvalue weighted by atomic mass is 9.79. The highest BCUT2D eigenvalue weighted by molar-refractivity contribution is 5.92. The van der Waals surface area contributed by atoms with Crippen LogP contribution in [0.3, 0.4) is 0 Å². The van der Waals surface area contributed by atoms with Crippen LogP contribution in [0.4, 0.5) is 0 Å². The molecule has 0 aliphatic heterocycles. The summed E-state index contributed by atoms with van der Waals surface area (Å²) in [4.78, 5) is 36.6. The van der Waals surface area contributed by atoms with Crippen molar-refractivity contribution in [2.75, 3.05) is 0 Å². The van der Waals surface area contributed by atoms with Crippen LogP contribution in [0.2, 0.25) is 0 Å². The van der Waals surface area contributed by atoms with Crippen molar-refractivity contribution in [1.82, 2.24) is 0 Å². The normalized spacial score (nSPS) is 23.9. The molecule has 188 valence electrons. The Labute approximate surface area is 195 Å². The van der Waals surface area contributed by atoms with Gasteiger partial charge in [-0.25, -0.2) is 14.4 Å². The molecule has 9 N–H and O–H groups in total.